The first-order valence-electron chi connectivity index (χ1n) is 6.12. The monoisotopic (exact) mass is 233 g/mol. The van der Waals surface area contributed by atoms with Gasteiger partial charge in [-0.1, -0.05) is 6.07 Å². The number of rotatable bonds is 3. The summed E-state index contributed by atoms with van der Waals surface area (Å²) in [6, 6.07) is 6.50. The maximum absolute atomic E-state index is 11.2. The third kappa shape index (κ3) is 2.99. The largest absolute Gasteiger partial charge is 0.495 e. The SMILES string of the molecule is COc1ccc(C)cc1NC1CCC(=O)CC1. The number of nitrogens with one attached hydrogen (secondary N) is 1. The molecule has 1 fully saturated rings. The van der Waals surface area contributed by atoms with Gasteiger partial charge in [-0.2, -0.15) is 0 Å². The summed E-state index contributed by atoms with van der Waals surface area (Å²) < 4.78 is 5.33. The average Bonchev–Trinajstić information content (AvgIpc) is 2.32. The fourth-order valence-corrected chi connectivity index (χ4v) is 2.24. The van der Waals surface area contributed by atoms with Crippen molar-refractivity contribution in [2.45, 2.75) is 38.6 Å². The van der Waals surface area contributed by atoms with Gasteiger partial charge >= 0.3 is 0 Å². The molecule has 1 N–H and O–H groups in total. The van der Waals surface area contributed by atoms with Gasteiger partial charge in [0.1, 0.15) is 11.5 Å². The van der Waals surface area contributed by atoms with Gasteiger partial charge < -0.3 is 10.1 Å². The number of ether oxygens (including phenoxy) is 1. The van der Waals surface area contributed by atoms with E-state index in [9.17, 15) is 4.79 Å². The number of ketones is 1. The van der Waals surface area contributed by atoms with Crippen molar-refractivity contribution in [1.29, 1.82) is 0 Å². The molecule has 1 saturated carbocycles. The highest BCUT2D eigenvalue weighted by Gasteiger charge is 2.19. The zero-order chi connectivity index (χ0) is 12.3. The maximum Gasteiger partial charge on any atom is 0.141 e. The summed E-state index contributed by atoms with van der Waals surface area (Å²) in [5, 5.41) is 3.48. The predicted molar refractivity (Wildman–Crippen MR) is 68.6 cm³/mol. The maximum atomic E-state index is 11.2. The summed E-state index contributed by atoms with van der Waals surface area (Å²) in [7, 11) is 1.68. The van der Waals surface area contributed by atoms with E-state index in [4.69, 9.17) is 4.74 Å². The summed E-state index contributed by atoms with van der Waals surface area (Å²) in [5.74, 6) is 1.26. The number of hydrogen-bond acceptors (Lipinski definition) is 3. The molecule has 92 valence electrons. The Balaban J connectivity index is 2.07. The van der Waals surface area contributed by atoms with Crippen LogP contribution in [-0.2, 0) is 4.79 Å². The molecule has 1 aliphatic carbocycles. The lowest BCUT2D eigenvalue weighted by atomic mass is 9.94. The fourth-order valence-electron chi connectivity index (χ4n) is 2.24. The topological polar surface area (TPSA) is 38.3 Å². The highest BCUT2D eigenvalue weighted by Crippen LogP contribution is 2.28. The highest BCUT2D eigenvalue weighted by atomic mass is 16.5. The summed E-state index contributed by atoms with van der Waals surface area (Å²) in [5.41, 5.74) is 2.24. The molecule has 17 heavy (non-hydrogen) atoms. The summed E-state index contributed by atoms with van der Waals surface area (Å²) >= 11 is 0. The number of anilines is 1. The first kappa shape index (κ1) is 12.0. The smallest absolute Gasteiger partial charge is 0.141 e. The molecule has 1 aromatic carbocycles. The van der Waals surface area contributed by atoms with Crippen LogP contribution in [0.3, 0.4) is 0 Å². The van der Waals surface area contributed by atoms with Crippen LogP contribution in [0.1, 0.15) is 31.2 Å². The van der Waals surface area contributed by atoms with E-state index < -0.39 is 0 Å². The van der Waals surface area contributed by atoms with Crippen LogP contribution < -0.4 is 10.1 Å². The lowest BCUT2D eigenvalue weighted by molar-refractivity contribution is -0.120. The normalized spacial score (nSPS) is 16.9. The van der Waals surface area contributed by atoms with Crippen molar-refractivity contribution in [1.82, 2.24) is 0 Å². The Bertz CT molecular complexity index is 405. The van der Waals surface area contributed by atoms with Crippen molar-refractivity contribution in [2.75, 3.05) is 12.4 Å². The molecule has 0 spiro atoms. The van der Waals surface area contributed by atoms with Gasteiger partial charge in [0.05, 0.1) is 12.8 Å². The van der Waals surface area contributed by atoms with Gasteiger partial charge in [0.25, 0.3) is 0 Å². The Morgan fingerprint density at radius 2 is 2.00 bits per heavy atom. The summed E-state index contributed by atoms with van der Waals surface area (Å²) in [4.78, 5) is 11.2. The van der Waals surface area contributed by atoms with Crippen molar-refractivity contribution in [2.24, 2.45) is 0 Å². The molecule has 2 rings (SSSR count). The number of hydrogen-bond donors (Lipinski definition) is 1. The molecule has 0 radical (unpaired) electrons. The molecular weight excluding hydrogens is 214 g/mol. The van der Waals surface area contributed by atoms with E-state index in [0.717, 1.165) is 24.3 Å². The number of Topliss-reactive ketones (excluding diaryl/α,β-unsaturated/α-hetero) is 1. The van der Waals surface area contributed by atoms with Crippen LogP contribution in [0.2, 0.25) is 0 Å². The first-order chi connectivity index (χ1) is 8.19. The second-order valence-electron chi connectivity index (χ2n) is 4.66. The summed E-state index contributed by atoms with van der Waals surface area (Å²) in [6.45, 7) is 2.06. The van der Waals surface area contributed by atoms with Gasteiger partial charge in [-0.25, -0.2) is 0 Å². The minimum Gasteiger partial charge on any atom is -0.495 e. The van der Waals surface area contributed by atoms with Gasteiger partial charge in [-0.05, 0) is 37.5 Å². The van der Waals surface area contributed by atoms with Gasteiger partial charge in [0.15, 0.2) is 0 Å². The van der Waals surface area contributed by atoms with Crippen LogP contribution in [-0.4, -0.2) is 18.9 Å². The van der Waals surface area contributed by atoms with Gasteiger partial charge in [0.2, 0.25) is 0 Å². The van der Waals surface area contributed by atoms with E-state index in [1.54, 1.807) is 7.11 Å². The lowest BCUT2D eigenvalue weighted by Gasteiger charge is -2.24. The van der Waals surface area contributed by atoms with E-state index in [-0.39, 0.29) is 0 Å². The molecule has 0 heterocycles. The number of carbonyl (C=O) groups excluding carboxylic acids is 1. The highest BCUT2D eigenvalue weighted by molar-refractivity contribution is 5.79. The van der Waals surface area contributed by atoms with Crippen LogP contribution in [0.15, 0.2) is 18.2 Å². The molecular formula is C14H19NO2. The zero-order valence-electron chi connectivity index (χ0n) is 10.5. The van der Waals surface area contributed by atoms with Crippen molar-refractivity contribution < 1.29 is 9.53 Å². The fraction of sp³-hybridized carbons (Fsp3) is 0.500. The Hall–Kier alpha value is -1.51. The molecule has 0 aromatic heterocycles. The minimum atomic E-state index is 0.388. The Kier molecular flexibility index (Phi) is 3.67. The van der Waals surface area contributed by atoms with E-state index in [1.807, 2.05) is 12.1 Å². The molecule has 1 aliphatic rings. The molecule has 0 unspecified atom stereocenters. The third-order valence-corrected chi connectivity index (χ3v) is 3.26. The van der Waals surface area contributed by atoms with Crippen molar-refractivity contribution in [3.05, 3.63) is 23.8 Å². The van der Waals surface area contributed by atoms with Crippen LogP contribution in [0, 0.1) is 6.92 Å². The number of carbonyl (C=O) groups is 1. The number of benzene rings is 1. The van der Waals surface area contributed by atoms with Crippen molar-refractivity contribution in [3.63, 3.8) is 0 Å². The van der Waals surface area contributed by atoms with Gasteiger partial charge in [-0.3, -0.25) is 4.79 Å². The van der Waals surface area contributed by atoms with Crippen molar-refractivity contribution in [3.8, 4) is 5.75 Å². The Morgan fingerprint density at radius 1 is 1.29 bits per heavy atom. The second kappa shape index (κ2) is 5.21. The van der Waals surface area contributed by atoms with E-state index in [1.165, 1.54) is 5.56 Å². The average molecular weight is 233 g/mol. The molecule has 1 aromatic rings. The van der Waals surface area contributed by atoms with Crippen LogP contribution >= 0.6 is 0 Å². The van der Waals surface area contributed by atoms with E-state index >= 15 is 0 Å². The number of methoxy groups -OCH3 is 1. The Morgan fingerprint density at radius 3 is 2.65 bits per heavy atom. The first-order valence-corrected chi connectivity index (χ1v) is 6.12. The van der Waals surface area contributed by atoms with E-state index in [0.29, 0.717) is 24.7 Å². The van der Waals surface area contributed by atoms with Gasteiger partial charge in [0, 0.05) is 18.9 Å². The summed E-state index contributed by atoms with van der Waals surface area (Å²) in [6.07, 6.45) is 3.25. The van der Waals surface area contributed by atoms with Gasteiger partial charge in [-0.15, -0.1) is 0 Å². The zero-order valence-corrected chi connectivity index (χ0v) is 10.5. The Labute approximate surface area is 102 Å². The third-order valence-electron chi connectivity index (χ3n) is 3.26. The molecule has 0 saturated heterocycles. The standard InChI is InChI=1S/C14H19NO2/c1-10-3-8-14(17-2)13(9-10)15-11-4-6-12(16)7-5-11/h3,8-9,11,15H,4-7H2,1-2H3. The molecule has 0 amide bonds. The van der Waals surface area contributed by atoms with E-state index in [2.05, 4.69) is 18.3 Å². The number of aryl methyl sites for hydroxylation is 1. The van der Waals surface area contributed by atoms with Crippen LogP contribution in [0.25, 0.3) is 0 Å². The van der Waals surface area contributed by atoms with Crippen molar-refractivity contribution >= 4 is 11.5 Å². The molecule has 0 aliphatic heterocycles. The molecule has 0 atom stereocenters. The quantitative estimate of drug-likeness (QED) is 0.872. The minimum absolute atomic E-state index is 0.388. The molecule has 0 bridgehead atoms. The second-order valence-corrected chi connectivity index (χ2v) is 4.66. The molecule has 3 heteroatoms. The predicted octanol–water partition coefficient (Wildman–Crippen LogP) is 2.93. The molecule has 3 nitrogen and oxygen atoms in total. The van der Waals surface area contributed by atoms with Crippen LogP contribution in [0.4, 0.5) is 5.69 Å². The van der Waals surface area contributed by atoms with Crippen LogP contribution in [0.5, 0.6) is 5.75 Å². The lowest BCUT2D eigenvalue weighted by Crippen LogP contribution is -2.26.